The van der Waals surface area contributed by atoms with Gasteiger partial charge in [-0.3, -0.25) is 4.31 Å². The molecule has 0 N–H and O–H groups in total. The molecule has 0 aliphatic carbocycles. The predicted octanol–water partition coefficient (Wildman–Crippen LogP) is 4.13. The van der Waals surface area contributed by atoms with Crippen molar-refractivity contribution in [2.24, 2.45) is 4.99 Å². The van der Waals surface area contributed by atoms with Crippen LogP contribution in [-0.4, -0.2) is 31.7 Å². The minimum Gasteiger partial charge on any atom is -0.436 e. The van der Waals surface area contributed by atoms with E-state index in [1.54, 1.807) is 0 Å². The molecule has 1 heterocycles. The molecule has 1 aliphatic heterocycles. The number of aliphatic imine (C=N–C) groups is 1. The molecule has 146 valence electrons. The van der Waals surface area contributed by atoms with Crippen LogP contribution < -0.4 is 4.74 Å². The van der Waals surface area contributed by atoms with Crippen molar-refractivity contribution < 1.29 is 13.2 Å². The maximum Gasteiger partial charge on any atom is 0.245 e. The van der Waals surface area contributed by atoms with E-state index in [1.165, 1.54) is 11.4 Å². The molecule has 5 nitrogen and oxygen atoms in total. The Morgan fingerprint density at radius 2 is 1.45 bits per heavy atom. The molecule has 0 radical (unpaired) electrons. The monoisotopic (exact) mass is 404 g/mol. The van der Waals surface area contributed by atoms with Crippen LogP contribution in [0.15, 0.2) is 95.8 Å². The van der Waals surface area contributed by atoms with Crippen molar-refractivity contribution in [3.8, 4) is 5.75 Å². The van der Waals surface area contributed by atoms with Gasteiger partial charge in [0.25, 0.3) is 0 Å². The van der Waals surface area contributed by atoms with E-state index in [9.17, 15) is 8.42 Å². The van der Waals surface area contributed by atoms with Gasteiger partial charge < -0.3 is 4.74 Å². The SMILES string of the molecule is CN(/C(=C1\N=C(c2ccccc2)c2ccccc2O1)c1ccccc1)S(C)(=O)=O. The predicted molar refractivity (Wildman–Crippen MR) is 115 cm³/mol. The van der Waals surface area contributed by atoms with Crippen LogP contribution in [0.1, 0.15) is 16.7 Å². The molecule has 4 rings (SSSR count). The van der Waals surface area contributed by atoms with Crippen LogP contribution in [0.3, 0.4) is 0 Å². The summed E-state index contributed by atoms with van der Waals surface area (Å²) in [4.78, 5) is 4.77. The summed E-state index contributed by atoms with van der Waals surface area (Å²) in [5.41, 5.74) is 3.60. The molecule has 3 aromatic carbocycles. The van der Waals surface area contributed by atoms with Crippen molar-refractivity contribution >= 4 is 21.4 Å². The first-order chi connectivity index (χ1) is 13.9. The summed E-state index contributed by atoms with van der Waals surface area (Å²) in [5.74, 6) is 0.869. The van der Waals surface area contributed by atoms with Gasteiger partial charge in [-0.15, -0.1) is 0 Å². The quantitative estimate of drug-likeness (QED) is 0.657. The van der Waals surface area contributed by atoms with Gasteiger partial charge in [-0.25, -0.2) is 13.4 Å². The Morgan fingerprint density at radius 3 is 2.10 bits per heavy atom. The molecular weight excluding hydrogens is 384 g/mol. The van der Waals surface area contributed by atoms with E-state index < -0.39 is 10.0 Å². The van der Waals surface area contributed by atoms with Gasteiger partial charge in [0.15, 0.2) is 0 Å². The molecule has 0 spiro atoms. The van der Waals surface area contributed by atoms with E-state index in [2.05, 4.69) is 0 Å². The largest absolute Gasteiger partial charge is 0.436 e. The summed E-state index contributed by atoms with van der Waals surface area (Å²) in [6.45, 7) is 0. The standard InChI is InChI=1S/C23H20N2O3S/c1-25(29(2,26)27)22(18-13-7-4-8-14-18)23-24-21(17-11-5-3-6-12-17)19-15-9-10-16-20(19)28-23/h3-16H,1-2H3/b23-22+. The molecule has 6 heteroatoms. The van der Waals surface area contributed by atoms with Gasteiger partial charge in [0.05, 0.1) is 12.0 Å². The van der Waals surface area contributed by atoms with E-state index >= 15 is 0 Å². The van der Waals surface area contributed by atoms with E-state index in [0.717, 1.165) is 23.1 Å². The summed E-state index contributed by atoms with van der Waals surface area (Å²) in [6, 6.07) is 26.6. The molecule has 0 unspecified atom stereocenters. The van der Waals surface area contributed by atoms with E-state index in [0.29, 0.717) is 17.0 Å². The zero-order chi connectivity index (χ0) is 20.4. The van der Waals surface area contributed by atoms with Gasteiger partial charge in [-0.2, -0.15) is 0 Å². The summed E-state index contributed by atoms with van der Waals surface area (Å²) < 4.78 is 32.1. The Morgan fingerprint density at radius 1 is 0.862 bits per heavy atom. The zero-order valence-electron chi connectivity index (χ0n) is 16.1. The van der Waals surface area contributed by atoms with Crippen LogP contribution >= 0.6 is 0 Å². The molecule has 0 saturated carbocycles. The second-order valence-electron chi connectivity index (χ2n) is 6.67. The third-order valence-corrected chi connectivity index (χ3v) is 5.85. The number of hydrogen-bond donors (Lipinski definition) is 0. The van der Waals surface area contributed by atoms with Gasteiger partial charge in [0.2, 0.25) is 15.9 Å². The molecule has 0 aromatic heterocycles. The summed E-state index contributed by atoms with van der Waals surface area (Å²) >= 11 is 0. The number of benzene rings is 3. The zero-order valence-corrected chi connectivity index (χ0v) is 16.9. The highest BCUT2D eigenvalue weighted by molar-refractivity contribution is 7.88. The number of fused-ring (bicyclic) bond motifs is 1. The minimum atomic E-state index is -3.53. The van der Waals surface area contributed by atoms with Gasteiger partial charge >= 0.3 is 0 Å². The smallest absolute Gasteiger partial charge is 0.245 e. The molecule has 0 bridgehead atoms. The van der Waals surface area contributed by atoms with Crippen molar-refractivity contribution in [2.75, 3.05) is 13.3 Å². The van der Waals surface area contributed by atoms with Crippen LogP contribution in [-0.2, 0) is 10.0 Å². The highest BCUT2D eigenvalue weighted by Crippen LogP contribution is 2.34. The van der Waals surface area contributed by atoms with Crippen LogP contribution in [0, 0.1) is 0 Å². The van der Waals surface area contributed by atoms with Gasteiger partial charge in [0.1, 0.15) is 11.4 Å². The highest BCUT2D eigenvalue weighted by Gasteiger charge is 2.27. The van der Waals surface area contributed by atoms with Crippen LogP contribution in [0.25, 0.3) is 5.70 Å². The van der Waals surface area contributed by atoms with Crippen molar-refractivity contribution in [3.63, 3.8) is 0 Å². The Kier molecular flexibility index (Phi) is 4.94. The Labute approximate surface area is 170 Å². The Balaban J connectivity index is 2.01. The first-order valence-electron chi connectivity index (χ1n) is 9.10. The van der Waals surface area contributed by atoms with Crippen LogP contribution in [0.5, 0.6) is 5.75 Å². The van der Waals surface area contributed by atoms with Gasteiger partial charge in [-0.05, 0) is 12.1 Å². The third-order valence-electron chi connectivity index (χ3n) is 4.67. The van der Waals surface area contributed by atoms with E-state index in [-0.39, 0.29) is 5.88 Å². The maximum absolute atomic E-state index is 12.4. The molecule has 0 fully saturated rings. The molecule has 0 saturated heterocycles. The first-order valence-corrected chi connectivity index (χ1v) is 10.9. The molecule has 29 heavy (non-hydrogen) atoms. The molecular formula is C23H20N2O3S. The lowest BCUT2D eigenvalue weighted by Crippen LogP contribution is -2.27. The van der Waals surface area contributed by atoms with E-state index in [1.807, 2.05) is 84.9 Å². The Bertz CT molecular complexity index is 1200. The summed E-state index contributed by atoms with van der Waals surface area (Å²) in [5, 5.41) is 0. The lowest BCUT2D eigenvalue weighted by atomic mass is 10.0. The first kappa shape index (κ1) is 19.0. The van der Waals surface area contributed by atoms with Crippen LogP contribution in [0.4, 0.5) is 0 Å². The second-order valence-corrected chi connectivity index (χ2v) is 8.69. The molecule has 0 atom stereocenters. The van der Waals surface area contributed by atoms with Crippen LogP contribution in [0.2, 0.25) is 0 Å². The Hall–Kier alpha value is -3.38. The van der Waals surface area contributed by atoms with Gasteiger partial charge in [0, 0.05) is 23.7 Å². The third kappa shape index (κ3) is 3.79. The lowest BCUT2D eigenvalue weighted by molar-refractivity contribution is 0.408. The number of nitrogens with zero attached hydrogens (tertiary/aromatic N) is 2. The lowest BCUT2D eigenvalue weighted by Gasteiger charge is -2.26. The number of sulfonamides is 1. The molecule has 3 aromatic rings. The fraction of sp³-hybridized carbons (Fsp3) is 0.0870. The number of hydrogen-bond acceptors (Lipinski definition) is 4. The summed E-state index contributed by atoms with van der Waals surface area (Å²) in [6.07, 6.45) is 1.16. The van der Waals surface area contributed by atoms with Crippen molar-refractivity contribution in [2.45, 2.75) is 0 Å². The fourth-order valence-corrected chi connectivity index (χ4v) is 3.67. The van der Waals surface area contributed by atoms with E-state index in [4.69, 9.17) is 9.73 Å². The topological polar surface area (TPSA) is 59.0 Å². The highest BCUT2D eigenvalue weighted by atomic mass is 32.2. The average Bonchev–Trinajstić information content (AvgIpc) is 2.74. The summed E-state index contributed by atoms with van der Waals surface area (Å²) in [7, 11) is -2.03. The minimum absolute atomic E-state index is 0.238. The number of rotatable bonds is 4. The normalized spacial score (nSPS) is 15.0. The second kappa shape index (κ2) is 7.56. The van der Waals surface area contributed by atoms with Crippen molar-refractivity contribution in [3.05, 3.63) is 108 Å². The fourth-order valence-electron chi connectivity index (χ4n) is 3.16. The number of para-hydroxylation sites is 1. The number of ether oxygens (including phenoxy) is 1. The molecule has 1 aliphatic rings. The van der Waals surface area contributed by atoms with Crippen molar-refractivity contribution in [1.82, 2.24) is 4.31 Å². The molecule has 0 amide bonds. The van der Waals surface area contributed by atoms with Crippen molar-refractivity contribution in [1.29, 1.82) is 0 Å². The average molecular weight is 404 g/mol. The maximum atomic E-state index is 12.4. The van der Waals surface area contributed by atoms with Gasteiger partial charge in [-0.1, -0.05) is 72.8 Å².